The molecule has 2 N–H and O–H groups in total. The third-order valence-electron chi connectivity index (χ3n) is 3.23. The van der Waals surface area contributed by atoms with Gasteiger partial charge in [0.25, 0.3) is 0 Å². The standard InChI is InChI=1S/C12H25N3O/c1-3-5-14-6-8-15(9-7-14)12(16)10-11(13)4-2/h11H,3-10,13H2,1-2H3. The van der Waals surface area contributed by atoms with Crippen LogP contribution < -0.4 is 5.73 Å². The molecule has 16 heavy (non-hydrogen) atoms. The van der Waals surface area contributed by atoms with Crippen LogP contribution in [0.3, 0.4) is 0 Å². The van der Waals surface area contributed by atoms with E-state index < -0.39 is 0 Å². The first-order valence-corrected chi connectivity index (χ1v) is 6.43. The Hall–Kier alpha value is -0.610. The van der Waals surface area contributed by atoms with Crippen LogP contribution in [0, 0.1) is 0 Å². The summed E-state index contributed by atoms with van der Waals surface area (Å²) in [6.45, 7) is 9.14. The molecule has 1 heterocycles. The van der Waals surface area contributed by atoms with Crippen LogP contribution in [0.25, 0.3) is 0 Å². The fourth-order valence-electron chi connectivity index (χ4n) is 2.03. The van der Waals surface area contributed by atoms with Crippen molar-refractivity contribution < 1.29 is 4.79 Å². The van der Waals surface area contributed by atoms with Gasteiger partial charge in [-0.1, -0.05) is 13.8 Å². The van der Waals surface area contributed by atoms with E-state index in [9.17, 15) is 4.79 Å². The molecule has 94 valence electrons. The molecule has 4 nitrogen and oxygen atoms in total. The zero-order chi connectivity index (χ0) is 12.0. The topological polar surface area (TPSA) is 49.6 Å². The van der Waals surface area contributed by atoms with Gasteiger partial charge >= 0.3 is 0 Å². The van der Waals surface area contributed by atoms with Crippen LogP contribution >= 0.6 is 0 Å². The molecule has 0 bridgehead atoms. The molecule has 1 saturated heterocycles. The predicted molar refractivity (Wildman–Crippen MR) is 66.2 cm³/mol. The maximum absolute atomic E-state index is 11.9. The summed E-state index contributed by atoms with van der Waals surface area (Å²) in [7, 11) is 0. The van der Waals surface area contributed by atoms with E-state index in [-0.39, 0.29) is 11.9 Å². The van der Waals surface area contributed by atoms with E-state index >= 15 is 0 Å². The first-order chi connectivity index (χ1) is 7.67. The van der Waals surface area contributed by atoms with Crippen molar-refractivity contribution in [1.82, 2.24) is 9.80 Å². The summed E-state index contributed by atoms with van der Waals surface area (Å²) in [5, 5.41) is 0. The predicted octanol–water partition coefficient (Wildman–Crippen LogP) is 0.668. The summed E-state index contributed by atoms with van der Waals surface area (Å²) in [5.41, 5.74) is 5.80. The summed E-state index contributed by atoms with van der Waals surface area (Å²) >= 11 is 0. The summed E-state index contributed by atoms with van der Waals surface area (Å²) in [6, 6.07) is 0.0289. The van der Waals surface area contributed by atoms with Crippen LogP contribution in [0.1, 0.15) is 33.1 Å². The second-order valence-electron chi connectivity index (χ2n) is 4.59. The average Bonchev–Trinajstić information content (AvgIpc) is 2.30. The molecular weight excluding hydrogens is 202 g/mol. The van der Waals surface area contributed by atoms with Crippen LogP contribution in [0.2, 0.25) is 0 Å². The maximum atomic E-state index is 11.9. The lowest BCUT2D eigenvalue weighted by molar-refractivity contribution is -0.133. The van der Waals surface area contributed by atoms with Crippen molar-refractivity contribution in [1.29, 1.82) is 0 Å². The highest BCUT2D eigenvalue weighted by Gasteiger charge is 2.21. The number of rotatable bonds is 5. The molecule has 0 aromatic carbocycles. The highest BCUT2D eigenvalue weighted by Crippen LogP contribution is 2.06. The lowest BCUT2D eigenvalue weighted by Gasteiger charge is -2.35. The maximum Gasteiger partial charge on any atom is 0.224 e. The van der Waals surface area contributed by atoms with Crippen LogP contribution in [0.15, 0.2) is 0 Å². The van der Waals surface area contributed by atoms with E-state index in [2.05, 4.69) is 11.8 Å². The van der Waals surface area contributed by atoms with Gasteiger partial charge in [-0.15, -0.1) is 0 Å². The molecular formula is C12H25N3O. The zero-order valence-corrected chi connectivity index (χ0v) is 10.6. The molecule has 1 aliphatic heterocycles. The van der Waals surface area contributed by atoms with Crippen molar-refractivity contribution in [2.45, 2.75) is 39.2 Å². The summed E-state index contributed by atoms with van der Waals surface area (Å²) in [6.07, 6.45) is 2.57. The second kappa shape index (κ2) is 6.86. The van der Waals surface area contributed by atoms with Crippen LogP contribution in [-0.2, 0) is 4.79 Å². The van der Waals surface area contributed by atoms with Crippen molar-refractivity contribution in [3.05, 3.63) is 0 Å². The van der Waals surface area contributed by atoms with Crippen molar-refractivity contribution in [3.8, 4) is 0 Å². The van der Waals surface area contributed by atoms with Crippen molar-refractivity contribution in [3.63, 3.8) is 0 Å². The van der Waals surface area contributed by atoms with Gasteiger partial charge in [-0.3, -0.25) is 9.69 Å². The fraction of sp³-hybridized carbons (Fsp3) is 0.917. The number of amides is 1. The minimum Gasteiger partial charge on any atom is -0.340 e. The van der Waals surface area contributed by atoms with Gasteiger partial charge in [-0.05, 0) is 19.4 Å². The Morgan fingerprint density at radius 1 is 1.25 bits per heavy atom. The first kappa shape index (κ1) is 13.5. The molecule has 0 spiro atoms. The number of piperazine rings is 1. The van der Waals surface area contributed by atoms with Gasteiger partial charge in [-0.25, -0.2) is 0 Å². The summed E-state index contributed by atoms with van der Waals surface area (Å²) < 4.78 is 0. The number of nitrogens with two attached hydrogens (primary N) is 1. The largest absolute Gasteiger partial charge is 0.340 e. The van der Waals surface area contributed by atoms with E-state index in [0.717, 1.165) is 39.1 Å². The molecule has 1 aliphatic rings. The number of hydrogen-bond donors (Lipinski definition) is 1. The van der Waals surface area contributed by atoms with Gasteiger partial charge < -0.3 is 10.6 Å². The third-order valence-corrected chi connectivity index (χ3v) is 3.23. The molecule has 1 rings (SSSR count). The van der Waals surface area contributed by atoms with Gasteiger partial charge in [0.2, 0.25) is 5.91 Å². The average molecular weight is 227 g/mol. The Kier molecular flexibility index (Phi) is 5.77. The lowest BCUT2D eigenvalue weighted by atomic mass is 10.1. The van der Waals surface area contributed by atoms with E-state index in [1.165, 1.54) is 6.42 Å². The van der Waals surface area contributed by atoms with Crippen LogP contribution in [0.5, 0.6) is 0 Å². The van der Waals surface area contributed by atoms with Crippen LogP contribution in [0.4, 0.5) is 0 Å². The van der Waals surface area contributed by atoms with Crippen molar-refractivity contribution in [2.75, 3.05) is 32.7 Å². The normalized spacial score (nSPS) is 19.8. The summed E-state index contributed by atoms with van der Waals surface area (Å²) in [4.78, 5) is 16.2. The highest BCUT2D eigenvalue weighted by molar-refractivity contribution is 5.76. The van der Waals surface area contributed by atoms with Crippen molar-refractivity contribution in [2.24, 2.45) is 5.73 Å². The molecule has 1 unspecified atom stereocenters. The number of nitrogens with zero attached hydrogens (tertiary/aromatic N) is 2. The minimum absolute atomic E-state index is 0.0289. The molecule has 1 fully saturated rings. The first-order valence-electron chi connectivity index (χ1n) is 6.43. The molecule has 0 radical (unpaired) electrons. The molecule has 1 atom stereocenters. The molecule has 4 heteroatoms. The molecule has 0 saturated carbocycles. The molecule has 0 aromatic rings. The van der Waals surface area contributed by atoms with Crippen LogP contribution in [-0.4, -0.2) is 54.5 Å². The molecule has 0 aliphatic carbocycles. The van der Waals surface area contributed by atoms with Gasteiger partial charge in [0, 0.05) is 38.6 Å². The lowest BCUT2D eigenvalue weighted by Crippen LogP contribution is -2.49. The van der Waals surface area contributed by atoms with E-state index in [4.69, 9.17) is 5.73 Å². The number of carbonyl (C=O) groups excluding carboxylic acids is 1. The van der Waals surface area contributed by atoms with E-state index in [1.54, 1.807) is 0 Å². The highest BCUT2D eigenvalue weighted by atomic mass is 16.2. The Balaban J connectivity index is 2.27. The SMILES string of the molecule is CCCN1CCN(C(=O)CC(N)CC)CC1. The second-order valence-corrected chi connectivity index (χ2v) is 4.59. The Morgan fingerprint density at radius 2 is 1.88 bits per heavy atom. The smallest absolute Gasteiger partial charge is 0.224 e. The molecule has 0 aromatic heterocycles. The fourth-order valence-corrected chi connectivity index (χ4v) is 2.03. The monoisotopic (exact) mass is 227 g/mol. The van der Waals surface area contributed by atoms with Gasteiger partial charge in [-0.2, -0.15) is 0 Å². The number of hydrogen-bond acceptors (Lipinski definition) is 3. The van der Waals surface area contributed by atoms with E-state index in [0.29, 0.717) is 6.42 Å². The zero-order valence-electron chi connectivity index (χ0n) is 10.6. The minimum atomic E-state index is 0.0289. The summed E-state index contributed by atoms with van der Waals surface area (Å²) in [5.74, 6) is 0.227. The van der Waals surface area contributed by atoms with Gasteiger partial charge in [0.15, 0.2) is 0 Å². The Labute approximate surface area is 98.8 Å². The Bertz CT molecular complexity index is 212. The quantitative estimate of drug-likeness (QED) is 0.751. The number of carbonyl (C=O) groups is 1. The molecule has 1 amide bonds. The van der Waals surface area contributed by atoms with Gasteiger partial charge in [0.05, 0.1) is 0 Å². The van der Waals surface area contributed by atoms with E-state index in [1.807, 2.05) is 11.8 Å². The Morgan fingerprint density at radius 3 is 2.38 bits per heavy atom. The van der Waals surface area contributed by atoms with Gasteiger partial charge in [0.1, 0.15) is 0 Å². The third kappa shape index (κ3) is 4.10. The van der Waals surface area contributed by atoms with Crippen molar-refractivity contribution >= 4 is 5.91 Å².